The van der Waals surface area contributed by atoms with Gasteiger partial charge in [-0.25, -0.2) is 9.59 Å². The van der Waals surface area contributed by atoms with Crippen molar-refractivity contribution in [2.45, 2.75) is 96.4 Å². The molecule has 12 nitrogen and oxygen atoms in total. The molecule has 264 valence electrons. The molecule has 12 heteroatoms. The Bertz CT molecular complexity index is 1350. The summed E-state index contributed by atoms with van der Waals surface area (Å²) in [5.41, 5.74) is -1.02. The third-order valence-corrected chi connectivity index (χ3v) is 7.37. The van der Waals surface area contributed by atoms with Gasteiger partial charge in [0.1, 0.15) is 22.9 Å². The van der Waals surface area contributed by atoms with Crippen molar-refractivity contribution < 1.29 is 48.8 Å². The first-order valence-corrected chi connectivity index (χ1v) is 16.0. The predicted molar refractivity (Wildman–Crippen MR) is 179 cm³/mol. The summed E-state index contributed by atoms with van der Waals surface area (Å²) in [5, 5.41) is 28.9. The lowest BCUT2D eigenvalue weighted by molar-refractivity contribution is -0.148. The van der Waals surface area contributed by atoms with E-state index >= 15 is 0 Å². The molecule has 0 saturated carbocycles. The average Bonchev–Trinajstić information content (AvgIpc) is 2.97. The number of carbonyl (C=O) groups is 5. The van der Waals surface area contributed by atoms with Crippen LogP contribution in [0.15, 0.2) is 60.7 Å². The minimum atomic E-state index is -1.38. The molecule has 2 aliphatic heterocycles. The van der Waals surface area contributed by atoms with Crippen LogP contribution in [0.3, 0.4) is 0 Å². The number of ketones is 1. The lowest BCUT2D eigenvalue weighted by atomic mass is 9.76. The quantitative estimate of drug-likeness (QED) is 0.368. The Morgan fingerprint density at radius 1 is 0.729 bits per heavy atom. The molecule has 0 aromatic heterocycles. The largest absolute Gasteiger partial charge is 0.481 e. The van der Waals surface area contributed by atoms with Crippen molar-refractivity contribution in [3.63, 3.8) is 0 Å². The standard InChI is InChI=1S/C18H25NO5.C10H17NO3.C8H8O2/c1-17(2,3)24-16(22)19-11-9-18(23,10-12-19)14(15(20)21)13-7-5-4-6-8-13;1-10(2,3)14-9(13)11-6-4-8(12)5-7-11;9-8(10)6-7-4-2-1-3-5-7/h4-8,14,23H,9-12H2,1-3H3,(H,20,21);4-7H2,1-3H3;1-5H,6H2,(H,9,10). The van der Waals surface area contributed by atoms with E-state index in [1.807, 2.05) is 39.0 Å². The topological polar surface area (TPSA) is 171 Å². The van der Waals surface area contributed by atoms with Gasteiger partial charge >= 0.3 is 24.1 Å². The molecule has 48 heavy (non-hydrogen) atoms. The predicted octanol–water partition coefficient (Wildman–Crippen LogP) is 5.52. The van der Waals surface area contributed by atoms with Crippen molar-refractivity contribution in [3.8, 4) is 0 Å². The first kappa shape index (κ1) is 39.7. The third kappa shape index (κ3) is 14.1. The van der Waals surface area contributed by atoms with E-state index in [9.17, 15) is 34.2 Å². The summed E-state index contributed by atoms with van der Waals surface area (Å²) in [7, 11) is 0. The molecule has 1 atom stereocenters. The molecule has 3 N–H and O–H groups in total. The Balaban J connectivity index is 0.000000280. The first-order chi connectivity index (χ1) is 22.3. The van der Waals surface area contributed by atoms with E-state index in [1.54, 1.807) is 68.1 Å². The summed E-state index contributed by atoms with van der Waals surface area (Å²) in [6.45, 7) is 12.4. The van der Waals surface area contributed by atoms with E-state index in [1.165, 1.54) is 4.90 Å². The zero-order valence-corrected chi connectivity index (χ0v) is 28.8. The molecule has 4 rings (SSSR count). The number of Topliss-reactive ketones (excluding diaryl/α,β-unsaturated/α-hetero) is 1. The highest BCUT2D eigenvalue weighted by Crippen LogP contribution is 2.37. The summed E-state index contributed by atoms with van der Waals surface area (Å²) < 4.78 is 10.5. The van der Waals surface area contributed by atoms with E-state index in [-0.39, 0.29) is 44.2 Å². The third-order valence-electron chi connectivity index (χ3n) is 7.37. The van der Waals surface area contributed by atoms with E-state index < -0.39 is 40.8 Å². The van der Waals surface area contributed by atoms with Gasteiger partial charge in [-0.05, 0) is 65.5 Å². The fraction of sp³-hybridized carbons (Fsp3) is 0.528. The van der Waals surface area contributed by atoms with E-state index in [0.717, 1.165) is 5.56 Å². The van der Waals surface area contributed by atoms with Crippen LogP contribution in [0.25, 0.3) is 0 Å². The number of rotatable bonds is 5. The van der Waals surface area contributed by atoms with Gasteiger partial charge in [0.15, 0.2) is 0 Å². The molecule has 0 radical (unpaired) electrons. The maximum Gasteiger partial charge on any atom is 0.410 e. The molecular weight excluding hydrogens is 620 g/mol. The number of carbonyl (C=O) groups excluding carboxylic acids is 3. The Labute approximate surface area is 282 Å². The molecule has 2 amide bonds. The highest BCUT2D eigenvalue weighted by atomic mass is 16.6. The summed E-state index contributed by atoms with van der Waals surface area (Å²) >= 11 is 0. The van der Waals surface area contributed by atoms with Crippen molar-refractivity contribution in [1.29, 1.82) is 0 Å². The van der Waals surface area contributed by atoms with Crippen LogP contribution < -0.4 is 0 Å². The highest BCUT2D eigenvalue weighted by molar-refractivity contribution is 5.81. The first-order valence-electron chi connectivity index (χ1n) is 16.0. The number of aliphatic carboxylic acids is 2. The molecular formula is C36H50N2O10. The number of hydrogen-bond donors (Lipinski definition) is 3. The number of likely N-dealkylation sites (tertiary alicyclic amines) is 2. The number of nitrogens with zero attached hydrogens (tertiary/aromatic N) is 2. The second-order valence-corrected chi connectivity index (χ2v) is 13.8. The number of carboxylic acids is 2. The molecule has 0 spiro atoms. The molecule has 2 heterocycles. The van der Waals surface area contributed by atoms with Crippen molar-refractivity contribution in [2.75, 3.05) is 26.2 Å². The lowest BCUT2D eigenvalue weighted by Crippen LogP contribution is -2.52. The monoisotopic (exact) mass is 670 g/mol. The SMILES string of the molecule is CC(C)(C)OC(=O)N1CCC(=O)CC1.CC(C)(C)OC(=O)N1CCC(O)(C(C(=O)O)c2ccccc2)CC1.O=C(O)Cc1ccccc1. The summed E-state index contributed by atoms with van der Waals surface area (Å²) in [5.74, 6) is -2.63. The highest BCUT2D eigenvalue weighted by Gasteiger charge is 2.45. The van der Waals surface area contributed by atoms with Crippen molar-refractivity contribution in [1.82, 2.24) is 9.80 Å². The van der Waals surface area contributed by atoms with Gasteiger partial charge in [0.2, 0.25) is 0 Å². The van der Waals surface area contributed by atoms with E-state index in [2.05, 4.69) is 0 Å². The van der Waals surface area contributed by atoms with Crippen LogP contribution in [-0.2, 0) is 30.3 Å². The number of piperidine rings is 2. The van der Waals surface area contributed by atoms with E-state index in [0.29, 0.717) is 31.5 Å². The molecule has 0 aliphatic carbocycles. The second kappa shape index (κ2) is 17.6. The maximum atomic E-state index is 12.1. The van der Waals surface area contributed by atoms with Crippen molar-refractivity contribution in [2.24, 2.45) is 0 Å². The van der Waals surface area contributed by atoms with Gasteiger partial charge in [-0.3, -0.25) is 14.4 Å². The smallest absolute Gasteiger partial charge is 0.410 e. The number of benzene rings is 2. The van der Waals surface area contributed by atoms with Crippen LogP contribution in [-0.4, -0.2) is 98.0 Å². The fourth-order valence-electron chi connectivity index (χ4n) is 5.06. The average molecular weight is 671 g/mol. The zero-order valence-electron chi connectivity index (χ0n) is 28.8. The Hall–Kier alpha value is -4.45. The molecule has 0 bridgehead atoms. The summed E-state index contributed by atoms with van der Waals surface area (Å²) in [6, 6.07) is 17.9. The van der Waals surface area contributed by atoms with Crippen molar-refractivity contribution in [3.05, 3.63) is 71.8 Å². The Kier molecular flexibility index (Phi) is 14.6. The molecule has 1 unspecified atom stereocenters. The second-order valence-electron chi connectivity index (χ2n) is 13.8. The molecule has 2 aromatic rings. The minimum Gasteiger partial charge on any atom is -0.481 e. The molecule has 2 fully saturated rings. The minimum absolute atomic E-state index is 0.112. The van der Waals surface area contributed by atoms with Gasteiger partial charge in [0, 0.05) is 39.0 Å². The maximum absolute atomic E-state index is 12.1. The zero-order chi connectivity index (χ0) is 36.1. The van der Waals surface area contributed by atoms with Crippen LogP contribution >= 0.6 is 0 Å². The van der Waals surface area contributed by atoms with Gasteiger partial charge in [-0.2, -0.15) is 0 Å². The van der Waals surface area contributed by atoms with Crippen molar-refractivity contribution >= 4 is 29.9 Å². The van der Waals surface area contributed by atoms with Gasteiger partial charge in [-0.15, -0.1) is 0 Å². The number of aliphatic hydroxyl groups is 1. The fourth-order valence-corrected chi connectivity index (χ4v) is 5.06. The summed E-state index contributed by atoms with van der Waals surface area (Å²) in [4.78, 5) is 59.6. The molecule has 2 aliphatic rings. The van der Waals surface area contributed by atoms with Crippen LogP contribution in [0.1, 0.15) is 84.3 Å². The van der Waals surface area contributed by atoms with Gasteiger partial charge in [0.05, 0.1) is 12.0 Å². The number of ether oxygens (including phenoxy) is 2. The van der Waals surface area contributed by atoms with Crippen LogP contribution in [0.4, 0.5) is 9.59 Å². The van der Waals surface area contributed by atoms with Crippen LogP contribution in [0.5, 0.6) is 0 Å². The molecule has 2 saturated heterocycles. The Morgan fingerprint density at radius 2 is 1.15 bits per heavy atom. The normalized spacial score (nSPS) is 16.6. The lowest BCUT2D eigenvalue weighted by Gasteiger charge is -2.41. The van der Waals surface area contributed by atoms with Gasteiger partial charge in [0.25, 0.3) is 0 Å². The van der Waals surface area contributed by atoms with Gasteiger partial charge < -0.3 is 34.6 Å². The van der Waals surface area contributed by atoms with Gasteiger partial charge in [-0.1, -0.05) is 60.7 Å². The number of hydrogen-bond acceptors (Lipinski definition) is 8. The summed E-state index contributed by atoms with van der Waals surface area (Å²) in [6.07, 6.45) is 0.663. The number of carboxylic acid groups (broad SMARTS) is 2. The van der Waals surface area contributed by atoms with E-state index in [4.69, 9.17) is 14.6 Å². The van der Waals surface area contributed by atoms with Crippen LogP contribution in [0, 0.1) is 0 Å². The Morgan fingerprint density at radius 3 is 1.54 bits per heavy atom. The molecule has 2 aromatic carbocycles. The number of amides is 2. The van der Waals surface area contributed by atoms with Crippen LogP contribution in [0.2, 0.25) is 0 Å².